The Morgan fingerprint density at radius 3 is 2.75 bits per heavy atom. The number of carbonyl (C=O) groups is 1. The van der Waals surface area contributed by atoms with E-state index in [4.69, 9.17) is 17.3 Å². The first-order chi connectivity index (χ1) is 9.67. The van der Waals surface area contributed by atoms with Crippen LogP contribution in [0, 0.1) is 0 Å². The summed E-state index contributed by atoms with van der Waals surface area (Å²) in [6.45, 7) is 2.81. The Labute approximate surface area is 130 Å². The summed E-state index contributed by atoms with van der Waals surface area (Å²) >= 11 is 7.69. The number of carbonyl (C=O) groups excluding carboxylic acids is 1. The Hall–Kier alpha value is -0.710. The molecular formula is C15H23ClN2OS. The van der Waals surface area contributed by atoms with Gasteiger partial charge in [-0.15, -0.1) is 11.8 Å². The summed E-state index contributed by atoms with van der Waals surface area (Å²) in [5, 5.41) is 3.60. The monoisotopic (exact) mass is 314 g/mol. The number of unbranched alkanes of at least 4 members (excludes halogenated alkanes) is 3. The molecule has 1 aromatic rings. The molecule has 0 saturated carbocycles. The highest BCUT2D eigenvalue weighted by Crippen LogP contribution is 2.30. The van der Waals surface area contributed by atoms with Crippen molar-refractivity contribution in [2.45, 2.75) is 43.9 Å². The Morgan fingerprint density at radius 2 is 2.05 bits per heavy atom. The van der Waals surface area contributed by atoms with Crippen molar-refractivity contribution in [1.82, 2.24) is 0 Å². The Kier molecular flexibility index (Phi) is 8.74. The van der Waals surface area contributed by atoms with Crippen molar-refractivity contribution in [2.24, 2.45) is 5.73 Å². The number of amides is 1. The Bertz CT molecular complexity index is 426. The zero-order valence-corrected chi connectivity index (χ0v) is 13.5. The van der Waals surface area contributed by atoms with E-state index in [0.29, 0.717) is 11.4 Å². The lowest BCUT2D eigenvalue weighted by atomic mass is 10.1. The maximum Gasteiger partial charge on any atom is 0.224 e. The second-order valence-corrected chi connectivity index (χ2v) is 6.32. The summed E-state index contributed by atoms with van der Waals surface area (Å²) in [6.07, 6.45) is 4.64. The van der Waals surface area contributed by atoms with Crippen LogP contribution in [0.25, 0.3) is 0 Å². The molecule has 0 aliphatic rings. The average Bonchev–Trinajstić information content (AvgIpc) is 2.42. The lowest BCUT2D eigenvalue weighted by Crippen LogP contribution is -2.12. The van der Waals surface area contributed by atoms with Gasteiger partial charge in [-0.3, -0.25) is 4.79 Å². The molecule has 0 aliphatic heterocycles. The quantitative estimate of drug-likeness (QED) is 0.528. The fourth-order valence-electron chi connectivity index (χ4n) is 1.88. The lowest BCUT2D eigenvalue weighted by molar-refractivity contribution is -0.116. The van der Waals surface area contributed by atoms with Crippen molar-refractivity contribution in [3.8, 4) is 0 Å². The van der Waals surface area contributed by atoms with E-state index >= 15 is 0 Å². The number of hydrogen-bond donors (Lipinski definition) is 2. The van der Waals surface area contributed by atoms with Gasteiger partial charge in [-0.2, -0.15) is 0 Å². The van der Waals surface area contributed by atoms with Crippen LogP contribution in [0.3, 0.4) is 0 Å². The van der Waals surface area contributed by atoms with Crippen molar-refractivity contribution in [3.63, 3.8) is 0 Å². The van der Waals surface area contributed by atoms with E-state index in [2.05, 4.69) is 12.2 Å². The molecule has 112 valence electrons. The smallest absolute Gasteiger partial charge is 0.224 e. The van der Waals surface area contributed by atoms with E-state index in [9.17, 15) is 4.79 Å². The van der Waals surface area contributed by atoms with Gasteiger partial charge in [-0.05, 0) is 43.3 Å². The topological polar surface area (TPSA) is 55.1 Å². The van der Waals surface area contributed by atoms with Crippen molar-refractivity contribution in [3.05, 3.63) is 23.2 Å². The summed E-state index contributed by atoms with van der Waals surface area (Å²) in [5.41, 5.74) is 6.25. The van der Waals surface area contributed by atoms with Gasteiger partial charge in [-0.1, -0.05) is 31.4 Å². The Balaban J connectivity index is 2.46. The second-order valence-electron chi connectivity index (χ2n) is 4.57. The molecule has 0 atom stereocenters. The molecule has 5 heteroatoms. The van der Waals surface area contributed by atoms with Crippen molar-refractivity contribution in [2.75, 3.05) is 17.6 Å². The van der Waals surface area contributed by atoms with E-state index in [1.54, 1.807) is 11.8 Å². The number of nitrogens with one attached hydrogen (secondary N) is 1. The summed E-state index contributed by atoms with van der Waals surface area (Å²) in [7, 11) is 0. The fourth-order valence-corrected chi connectivity index (χ4v) is 2.79. The minimum absolute atomic E-state index is 0.0537. The molecular weight excluding hydrogens is 292 g/mol. The van der Waals surface area contributed by atoms with Gasteiger partial charge in [0, 0.05) is 16.3 Å². The molecule has 3 nitrogen and oxygen atoms in total. The predicted octanol–water partition coefficient (Wildman–Crippen LogP) is 4.30. The van der Waals surface area contributed by atoms with Gasteiger partial charge in [0.2, 0.25) is 5.91 Å². The minimum atomic E-state index is 0.0537. The molecule has 0 radical (unpaired) electrons. The van der Waals surface area contributed by atoms with Crippen LogP contribution < -0.4 is 11.1 Å². The molecule has 1 amide bonds. The average molecular weight is 315 g/mol. The maximum atomic E-state index is 11.9. The number of halogens is 1. The van der Waals surface area contributed by atoms with Crippen molar-refractivity contribution < 1.29 is 4.79 Å². The number of nitrogens with two attached hydrogens (primary N) is 1. The summed E-state index contributed by atoms with van der Waals surface area (Å²) in [6, 6.07) is 5.61. The number of thioether (sulfide) groups is 1. The highest BCUT2D eigenvalue weighted by Gasteiger charge is 2.07. The van der Waals surface area contributed by atoms with E-state index < -0.39 is 0 Å². The summed E-state index contributed by atoms with van der Waals surface area (Å²) in [5.74, 6) is 1.02. The number of benzene rings is 1. The van der Waals surface area contributed by atoms with Crippen LogP contribution in [-0.2, 0) is 4.79 Å². The Morgan fingerprint density at radius 1 is 1.30 bits per heavy atom. The van der Waals surface area contributed by atoms with Crippen LogP contribution in [-0.4, -0.2) is 18.2 Å². The molecule has 0 aliphatic carbocycles. The molecule has 1 rings (SSSR count). The first-order valence-electron chi connectivity index (χ1n) is 7.09. The van der Waals surface area contributed by atoms with Crippen molar-refractivity contribution >= 4 is 35.0 Å². The molecule has 0 unspecified atom stereocenters. The molecule has 0 saturated heterocycles. The molecule has 3 N–H and O–H groups in total. The van der Waals surface area contributed by atoms with Crippen molar-refractivity contribution in [1.29, 1.82) is 0 Å². The normalized spacial score (nSPS) is 10.6. The van der Waals surface area contributed by atoms with E-state index in [1.165, 1.54) is 0 Å². The molecule has 0 fully saturated rings. The van der Waals surface area contributed by atoms with Crippen LogP contribution in [0.15, 0.2) is 23.1 Å². The van der Waals surface area contributed by atoms with Crippen LogP contribution in [0.1, 0.15) is 39.0 Å². The van der Waals surface area contributed by atoms with Crippen LogP contribution in [0.2, 0.25) is 5.02 Å². The third-order valence-corrected chi connectivity index (χ3v) is 4.06. The standard InChI is InChI=1S/C15H23ClN2OS/c1-2-20-14-9-8-12(16)11-13(14)18-15(19)7-5-3-4-6-10-17/h8-9,11H,2-7,10,17H2,1H3,(H,18,19). The molecule has 20 heavy (non-hydrogen) atoms. The minimum Gasteiger partial charge on any atom is -0.330 e. The van der Waals surface area contributed by atoms with Gasteiger partial charge in [0.25, 0.3) is 0 Å². The zero-order valence-electron chi connectivity index (χ0n) is 12.0. The van der Waals surface area contributed by atoms with Crippen LogP contribution in [0.5, 0.6) is 0 Å². The molecule has 0 bridgehead atoms. The van der Waals surface area contributed by atoms with E-state index in [-0.39, 0.29) is 5.91 Å². The number of hydrogen-bond acceptors (Lipinski definition) is 3. The molecule has 1 aromatic carbocycles. The highest BCUT2D eigenvalue weighted by atomic mass is 35.5. The number of anilines is 1. The lowest BCUT2D eigenvalue weighted by Gasteiger charge is -2.10. The van der Waals surface area contributed by atoms with Gasteiger partial charge in [0.15, 0.2) is 0 Å². The van der Waals surface area contributed by atoms with Gasteiger partial charge in [0.1, 0.15) is 0 Å². The van der Waals surface area contributed by atoms with Gasteiger partial charge in [0.05, 0.1) is 5.69 Å². The van der Waals surface area contributed by atoms with Gasteiger partial charge >= 0.3 is 0 Å². The fraction of sp³-hybridized carbons (Fsp3) is 0.533. The van der Waals surface area contributed by atoms with Gasteiger partial charge in [-0.25, -0.2) is 0 Å². The summed E-state index contributed by atoms with van der Waals surface area (Å²) < 4.78 is 0. The van der Waals surface area contributed by atoms with E-state index in [0.717, 1.165) is 48.6 Å². The molecule has 0 spiro atoms. The van der Waals surface area contributed by atoms with Crippen LogP contribution >= 0.6 is 23.4 Å². The third kappa shape index (κ3) is 6.64. The van der Waals surface area contributed by atoms with Crippen LogP contribution in [0.4, 0.5) is 5.69 Å². The first-order valence-corrected chi connectivity index (χ1v) is 8.46. The second kappa shape index (κ2) is 10.1. The number of rotatable bonds is 9. The SMILES string of the molecule is CCSc1ccc(Cl)cc1NC(=O)CCCCCCN. The first kappa shape index (κ1) is 17.3. The maximum absolute atomic E-state index is 11.9. The largest absolute Gasteiger partial charge is 0.330 e. The van der Waals surface area contributed by atoms with E-state index in [1.807, 2.05) is 18.2 Å². The molecule has 0 aromatic heterocycles. The zero-order chi connectivity index (χ0) is 14.8. The highest BCUT2D eigenvalue weighted by molar-refractivity contribution is 7.99. The molecule has 0 heterocycles. The summed E-state index contributed by atoms with van der Waals surface area (Å²) in [4.78, 5) is 13.0. The predicted molar refractivity (Wildman–Crippen MR) is 88.6 cm³/mol. The van der Waals surface area contributed by atoms with Gasteiger partial charge < -0.3 is 11.1 Å². The third-order valence-electron chi connectivity index (χ3n) is 2.87.